The smallest absolute Gasteiger partial charge is 0.237 e. The van der Waals surface area contributed by atoms with Crippen molar-refractivity contribution in [3.63, 3.8) is 0 Å². The minimum atomic E-state index is -1.12. The van der Waals surface area contributed by atoms with E-state index in [2.05, 4.69) is 5.32 Å². The fraction of sp³-hybridized carbons (Fsp3) is 0.875. The van der Waals surface area contributed by atoms with Gasteiger partial charge in [0.25, 0.3) is 0 Å². The highest BCUT2D eigenvalue weighted by molar-refractivity contribution is 7.83. The van der Waals surface area contributed by atoms with Gasteiger partial charge in [0.2, 0.25) is 5.91 Å². The van der Waals surface area contributed by atoms with E-state index in [1.165, 1.54) is 0 Å². The summed E-state index contributed by atoms with van der Waals surface area (Å²) < 4.78 is 13.5. The molecule has 14 heavy (non-hydrogen) atoms. The maximum absolute atomic E-state index is 11.8. The van der Waals surface area contributed by atoms with Crippen LogP contribution in [0.5, 0.6) is 0 Å². The van der Waals surface area contributed by atoms with Crippen LogP contribution < -0.4 is 11.1 Å². The zero-order valence-electron chi connectivity index (χ0n) is 8.53. The van der Waals surface area contributed by atoms with E-state index in [0.29, 0.717) is 13.1 Å². The lowest BCUT2D eigenvalue weighted by Crippen LogP contribution is -2.58. The molecule has 2 unspecified atom stereocenters. The van der Waals surface area contributed by atoms with Gasteiger partial charge >= 0.3 is 0 Å². The van der Waals surface area contributed by atoms with Gasteiger partial charge in [0.15, 0.2) is 0 Å². The maximum Gasteiger partial charge on any atom is 0.237 e. The van der Waals surface area contributed by atoms with Crippen LogP contribution in [0.1, 0.15) is 13.8 Å². The second-order valence-corrected chi connectivity index (χ2v) is 5.55. The van der Waals surface area contributed by atoms with Crippen LogP contribution in [-0.4, -0.2) is 45.3 Å². The summed E-state index contributed by atoms with van der Waals surface area (Å²) in [6.45, 7) is 5.60. The van der Waals surface area contributed by atoms with Crippen LogP contribution in [0.4, 0.5) is 0 Å². The molecule has 0 aromatic heterocycles. The highest BCUT2D eigenvalue weighted by Gasteiger charge is 2.31. The summed E-state index contributed by atoms with van der Waals surface area (Å²) in [7, 11) is -1.12. The van der Waals surface area contributed by atoms with E-state index >= 15 is 0 Å². The van der Waals surface area contributed by atoms with Gasteiger partial charge in [0.1, 0.15) is 6.04 Å². The number of rotatable bonds is 3. The predicted molar refractivity (Wildman–Crippen MR) is 55.8 cm³/mol. The Labute approximate surface area is 86.6 Å². The summed E-state index contributed by atoms with van der Waals surface area (Å²) >= 11 is 0. The fourth-order valence-electron chi connectivity index (χ4n) is 1.41. The number of hydrogen-bond donors (Lipinski definition) is 2. The first-order valence-corrected chi connectivity index (χ1v) is 5.88. The molecule has 82 valence electrons. The quantitative estimate of drug-likeness (QED) is 0.627. The number of amides is 1. The minimum absolute atomic E-state index is 0.0231. The molecule has 2 atom stereocenters. The molecule has 0 radical (unpaired) electrons. The number of primary amides is 1. The molecule has 0 spiro atoms. The molecule has 6 heteroatoms. The molecule has 0 aromatic carbocycles. The van der Waals surface area contributed by atoms with Crippen LogP contribution in [0.3, 0.4) is 0 Å². The standard InChI is InChI=1S/C8H17N3O2S/c1-6(2)14(13)11-4-3-10-5-7(11)8(9)12/h6-7,10H,3-5H2,1-2H3,(H2,9,12). The molecule has 1 rings (SSSR count). The number of nitrogens with zero attached hydrogens (tertiary/aromatic N) is 1. The number of piperazine rings is 1. The predicted octanol–water partition coefficient (Wildman–Crippen LogP) is -1.18. The summed E-state index contributed by atoms with van der Waals surface area (Å²) in [6.07, 6.45) is 0. The van der Waals surface area contributed by atoms with Crippen LogP contribution in [0, 0.1) is 0 Å². The van der Waals surface area contributed by atoms with Gasteiger partial charge in [0.05, 0.1) is 11.0 Å². The summed E-state index contributed by atoms with van der Waals surface area (Å²) in [5.41, 5.74) is 5.24. The lowest BCUT2D eigenvalue weighted by Gasteiger charge is -2.33. The molecule has 1 aliphatic rings. The molecule has 1 fully saturated rings. The van der Waals surface area contributed by atoms with Crippen molar-refractivity contribution in [1.29, 1.82) is 0 Å². The van der Waals surface area contributed by atoms with Crippen LogP contribution in [0.2, 0.25) is 0 Å². The summed E-state index contributed by atoms with van der Waals surface area (Å²) in [5.74, 6) is -0.411. The van der Waals surface area contributed by atoms with E-state index in [-0.39, 0.29) is 5.25 Å². The molecule has 0 saturated carbocycles. The first-order valence-electron chi connectivity index (χ1n) is 4.71. The van der Waals surface area contributed by atoms with E-state index in [4.69, 9.17) is 5.73 Å². The molecule has 0 bridgehead atoms. The summed E-state index contributed by atoms with van der Waals surface area (Å²) in [5, 5.41) is 3.09. The molecule has 3 N–H and O–H groups in total. The average molecular weight is 219 g/mol. The van der Waals surface area contributed by atoms with E-state index < -0.39 is 22.9 Å². The van der Waals surface area contributed by atoms with Crippen LogP contribution in [0.15, 0.2) is 0 Å². The van der Waals surface area contributed by atoms with Crippen molar-refractivity contribution < 1.29 is 9.00 Å². The van der Waals surface area contributed by atoms with Gasteiger partial charge in [-0.3, -0.25) is 4.79 Å². The number of carbonyl (C=O) groups excluding carboxylic acids is 1. The Morgan fingerprint density at radius 3 is 2.79 bits per heavy atom. The fourth-order valence-corrected chi connectivity index (χ4v) is 2.66. The van der Waals surface area contributed by atoms with Gasteiger partial charge in [-0.05, 0) is 13.8 Å². The number of nitrogens with two attached hydrogens (primary N) is 1. The van der Waals surface area contributed by atoms with E-state index in [1.807, 2.05) is 13.8 Å². The van der Waals surface area contributed by atoms with Crippen molar-refractivity contribution in [2.45, 2.75) is 25.1 Å². The zero-order chi connectivity index (χ0) is 10.7. The average Bonchev–Trinajstić information content (AvgIpc) is 2.16. The van der Waals surface area contributed by atoms with Gasteiger partial charge in [-0.25, -0.2) is 8.51 Å². The van der Waals surface area contributed by atoms with Gasteiger partial charge in [-0.2, -0.15) is 0 Å². The van der Waals surface area contributed by atoms with Crippen molar-refractivity contribution in [2.24, 2.45) is 5.73 Å². The minimum Gasteiger partial charge on any atom is -0.368 e. The molecule has 0 aliphatic carbocycles. The van der Waals surface area contributed by atoms with Crippen LogP contribution in [0.25, 0.3) is 0 Å². The molecule has 1 amide bonds. The van der Waals surface area contributed by atoms with Crippen molar-refractivity contribution in [3.8, 4) is 0 Å². The highest BCUT2D eigenvalue weighted by atomic mass is 32.2. The zero-order valence-corrected chi connectivity index (χ0v) is 9.34. The lowest BCUT2D eigenvalue weighted by molar-refractivity contribution is -0.121. The SMILES string of the molecule is CC(C)S(=O)N1CCNCC1C(N)=O. The molecule has 1 saturated heterocycles. The Balaban J connectivity index is 2.72. The Kier molecular flexibility index (Phi) is 4.03. The molecule has 5 nitrogen and oxygen atoms in total. The van der Waals surface area contributed by atoms with Crippen molar-refractivity contribution in [2.75, 3.05) is 19.6 Å². The Hall–Kier alpha value is -0.460. The largest absolute Gasteiger partial charge is 0.368 e. The number of nitrogens with one attached hydrogen (secondary N) is 1. The topological polar surface area (TPSA) is 75.4 Å². The van der Waals surface area contributed by atoms with Crippen molar-refractivity contribution in [1.82, 2.24) is 9.62 Å². The van der Waals surface area contributed by atoms with E-state index in [0.717, 1.165) is 6.54 Å². The van der Waals surface area contributed by atoms with Gasteiger partial charge < -0.3 is 11.1 Å². The molecule has 1 aliphatic heterocycles. The highest BCUT2D eigenvalue weighted by Crippen LogP contribution is 2.10. The van der Waals surface area contributed by atoms with Gasteiger partial charge in [-0.1, -0.05) is 0 Å². The second kappa shape index (κ2) is 4.86. The van der Waals surface area contributed by atoms with E-state index in [9.17, 15) is 9.00 Å². The molecular formula is C8H17N3O2S. The Morgan fingerprint density at radius 1 is 1.64 bits per heavy atom. The molecule has 0 aromatic rings. The van der Waals surface area contributed by atoms with Gasteiger partial charge in [-0.15, -0.1) is 0 Å². The van der Waals surface area contributed by atoms with Crippen LogP contribution >= 0.6 is 0 Å². The lowest BCUT2D eigenvalue weighted by atomic mass is 10.2. The Morgan fingerprint density at radius 2 is 2.29 bits per heavy atom. The Bertz CT molecular complexity index is 245. The first kappa shape index (κ1) is 11.6. The van der Waals surface area contributed by atoms with Crippen molar-refractivity contribution >= 4 is 16.9 Å². The maximum atomic E-state index is 11.8. The van der Waals surface area contributed by atoms with E-state index in [1.54, 1.807) is 4.31 Å². The summed E-state index contributed by atoms with van der Waals surface area (Å²) in [6, 6.07) is -0.438. The number of carbonyl (C=O) groups is 1. The van der Waals surface area contributed by atoms with Gasteiger partial charge in [0, 0.05) is 24.9 Å². The summed E-state index contributed by atoms with van der Waals surface area (Å²) in [4.78, 5) is 11.1. The first-order chi connectivity index (χ1) is 6.54. The third-order valence-corrected chi connectivity index (χ3v) is 3.86. The third kappa shape index (κ3) is 2.52. The normalized spacial score (nSPS) is 26.4. The second-order valence-electron chi connectivity index (χ2n) is 3.59. The van der Waals surface area contributed by atoms with Crippen molar-refractivity contribution in [3.05, 3.63) is 0 Å². The third-order valence-electron chi connectivity index (χ3n) is 2.16. The monoisotopic (exact) mass is 219 g/mol. The molecule has 1 heterocycles. The number of hydrogen-bond acceptors (Lipinski definition) is 3. The van der Waals surface area contributed by atoms with Crippen LogP contribution in [-0.2, 0) is 15.8 Å². The molecular weight excluding hydrogens is 202 g/mol.